The van der Waals surface area contributed by atoms with E-state index >= 15 is 0 Å². The van der Waals surface area contributed by atoms with Crippen molar-refractivity contribution < 1.29 is 18.3 Å². The largest absolute Gasteiger partial charge is 0.381 e. The van der Waals surface area contributed by atoms with Crippen molar-refractivity contribution in [3.05, 3.63) is 47.7 Å². The van der Waals surface area contributed by atoms with Gasteiger partial charge in [0.1, 0.15) is 5.82 Å². The third-order valence-electron chi connectivity index (χ3n) is 5.74. The molecule has 3 heterocycles. The van der Waals surface area contributed by atoms with E-state index in [1.54, 1.807) is 36.2 Å². The van der Waals surface area contributed by atoms with Gasteiger partial charge in [-0.3, -0.25) is 4.79 Å². The van der Waals surface area contributed by atoms with E-state index in [0.29, 0.717) is 48.9 Å². The van der Waals surface area contributed by atoms with Crippen molar-refractivity contribution in [1.29, 1.82) is 0 Å². The van der Waals surface area contributed by atoms with Gasteiger partial charge >= 0.3 is 0 Å². The van der Waals surface area contributed by atoms with Crippen molar-refractivity contribution in [2.45, 2.75) is 44.6 Å². The lowest BCUT2D eigenvalue weighted by Gasteiger charge is -2.37. The average molecular weight is 387 g/mol. The van der Waals surface area contributed by atoms with Crippen LogP contribution in [0, 0.1) is 0 Å². The lowest BCUT2D eigenvalue weighted by atomic mass is 9.74. The van der Waals surface area contributed by atoms with Crippen LogP contribution in [0.15, 0.2) is 36.5 Å². The second-order valence-corrected chi connectivity index (χ2v) is 7.27. The van der Waals surface area contributed by atoms with Gasteiger partial charge in [-0.1, -0.05) is 19.1 Å². The molecule has 2 aromatic rings. The third kappa shape index (κ3) is 3.13. The third-order valence-corrected chi connectivity index (χ3v) is 5.74. The number of hydrogen-bond acceptors (Lipinski definition) is 4. The molecule has 1 saturated heterocycles. The predicted molar refractivity (Wildman–Crippen MR) is 103 cm³/mol. The maximum absolute atomic E-state index is 14.1. The van der Waals surface area contributed by atoms with Crippen LogP contribution in [0.25, 0.3) is 0 Å². The van der Waals surface area contributed by atoms with Gasteiger partial charge in [0.2, 0.25) is 12.3 Å². The molecule has 1 aromatic carbocycles. The number of nitrogens with one attached hydrogen (secondary N) is 1. The molecule has 1 N–H and O–H groups in total. The second kappa shape index (κ2) is 7.47. The van der Waals surface area contributed by atoms with E-state index in [2.05, 4.69) is 10.3 Å². The molecule has 0 bridgehead atoms. The topological polar surface area (TPSA) is 54.5 Å². The van der Waals surface area contributed by atoms with E-state index < -0.39 is 11.8 Å². The molecular formula is C21H23F2N3O2. The number of ether oxygens (including phenoxy) is 1. The Morgan fingerprint density at radius 3 is 2.82 bits per heavy atom. The van der Waals surface area contributed by atoms with Crippen molar-refractivity contribution >= 4 is 23.1 Å². The SMILES string of the molecule is CCC(=O)N1Cc2cccnc2Nc2ccc(C3(C(F)F)CCOCC3)cc21. The van der Waals surface area contributed by atoms with Gasteiger partial charge in [0, 0.05) is 31.4 Å². The molecule has 0 atom stereocenters. The number of nitrogens with zero attached hydrogens (tertiary/aromatic N) is 2. The molecule has 4 rings (SSSR count). The number of benzene rings is 1. The highest BCUT2D eigenvalue weighted by atomic mass is 19.3. The van der Waals surface area contributed by atoms with E-state index in [9.17, 15) is 13.6 Å². The van der Waals surface area contributed by atoms with Crippen LogP contribution in [0.1, 0.15) is 37.3 Å². The Morgan fingerprint density at radius 2 is 2.11 bits per heavy atom. The number of alkyl halides is 2. The Hall–Kier alpha value is -2.54. The zero-order valence-electron chi connectivity index (χ0n) is 15.8. The second-order valence-electron chi connectivity index (χ2n) is 7.27. The number of fused-ring (bicyclic) bond motifs is 2. The monoisotopic (exact) mass is 387 g/mol. The van der Waals surface area contributed by atoms with Crippen LogP contribution < -0.4 is 10.2 Å². The minimum atomic E-state index is -2.50. The van der Waals surface area contributed by atoms with Gasteiger partial charge in [0.15, 0.2) is 0 Å². The van der Waals surface area contributed by atoms with Gasteiger partial charge in [-0.25, -0.2) is 13.8 Å². The number of rotatable bonds is 3. The number of amides is 1. The molecule has 7 heteroatoms. The fraction of sp³-hybridized carbons (Fsp3) is 0.429. The summed E-state index contributed by atoms with van der Waals surface area (Å²) in [5.41, 5.74) is 1.51. The zero-order valence-corrected chi connectivity index (χ0v) is 15.8. The predicted octanol–water partition coefficient (Wildman–Crippen LogP) is 4.40. The summed E-state index contributed by atoms with van der Waals surface area (Å²) in [6.45, 7) is 2.77. The Morgan fingerprint density at radius 1 is 1.32 bits per heavy atom. The number of carbonyl (C=O) groups is 1. The molecule has 0 unspecified atom stereocenters. The summed E-state index contributed by atoms with van der Waals surface area (Å²) < 4.78 is 33.6. The van der Waals surface area contributed by atoms with Crippen LogP contribution in [0.4, 0.5) is 26.0 Å². The fourth-order valence-corrected chi connectivity index (χ4v) is 4.01. The van der Waals surface area contributed by atoms with Crippen LogP contribution in [-0.2, 0) is 21.5 Å². The summed E-state index contributed by atoms with van der Waals surface area (Å²) in [6, 6.07) is 9.01. The normalized spacial score (nSPS) is 18.1. The van der Waals surface area contributed by atoms with Gasteiger partial charge in [0.25, 0.3) is 0 Å². The van der Waals surface area contributed by atoms with Crippen molar-refractivity contribution in [2.24, 2.45) is 0 Å². The van der Waals surface area contributed by atoms with Crippen molar-refractivity contribution in [2.75, 3.05) is 23.4 Å². The lowest BCUT2D eigenvalue weighted by molar-refractivity contribution is -0.118. The quantitative estimate of drug-likeness (QED) is 0.848. The molecule has 1 aromatic heterocycles. The van der Waals surface area contributed by atoms with Crippen molar-refractivity contribution in [3.8, 4) is 0 Å². The van der Waals surface area contributed by atoms with Crippen LogP contribution in [-0.4, -0.2) is 30.5 Å². The molecular weight excluding hydrogens is 364 g/mol. The van der Waals surface area contributed by atoms with Gasteiger partial charge in [-0.15, -0.1) is 0 Å². The highest BCUT2D eigenvalue weighted by Gasteiger charge is 2.43. The first kappa shape index (κ1) is 18.8. The first-order valence-corrected chi connectivity index (χ1v) is 9.57. The number of halogens is 2. The fourth-order valence-electron chi connectivity index (χ4n) is 4.01. The number of pyridine rings is 1. The van der Waals surface area contributed by atoms with Crippen LogP contribution >= 0.6 is 0 Å². The van der Waals surface area contributed by atoms with Crippen molar-refractivity contribution in [1.82, 2.24) is 4.98 Å². The molecule has 0 aliphatic carbocycles. The number of aromatic nitrogens is 1. The molecule has 0 saturated carbocycles. The molecule has 2 aliphatic rings. The summed E-state index contributed by atoms with van der Waals surface area (Å²) in [6.07, 6.45) is 0.0427. The molecule has 1 fully saturated rings. The highest BCUT2D eigenvalue weighted by molar-refractivity contribution is 5.98. The Kier molecular flexibility index (Phi) is 5.02. The first-order chi connectivity index (χ1) is 13.5. The minimum absolute atomic E-state index is 0.0602. The van der Waals surface area contributed by atoms with Gasteiger partial charge in [-0.2, -0.15) is 0 Å². The van der Waals surface area contributed by atoms with E-state index in [-0.39, 0.29) is 18.7 Å². The summed E-state index contributed by atoms with van der Waals surface area (Å²) >= 11 is 0. The summed E-state index contributed by atoms with van der Waals surface area (Å²) in [7, 11) is 0. The summed E-state index contributed by atoms with van der Waals surface area (Å²) in [5, 5.41) is 3.27. The van der Waals surface area contributed by atoms with E-state index in [1.165, 1.54) is 0 Å². The molecule has 28 heavy (non-hydrogen) atoms. The summed E-state index contributed by atoms with van der Waals surface area (Å²) in [5.74, 6) is 0.618. The molecule has 0 radical (unpaired) electrons. The number of carbonyl (C=O) groups excluding carboxylic acids is 1. The minimum Gasteiger partial charge on any atom is -0.381 e. The number of hydrogen-bond donors (Lipinski definition) is 1. The van der Waals surface area contributed by atoms with E-state index in [0.717, 1.165) is 5.56 Å². The van der Waals surface area contributed by atoms with Crippen LogP contribution in [0.3, 0.4) is 0 Å². The Labute approximate surface area is 162 Å². The molecule has 1 amide bonds. The zero-order chi connectivity index (χ0) is 19.7. The summed E-state index contributed by atoms with van der Waals surface area (Å²) in [4.78, 5) is 18.7. The maximum Gasteiger partial charge on any atom is 0.248 e. The number of anilines is 3. The van der Waals surface area contributed by atoms with Gasteiger partial charge in [0.05, 0.1) is 23.3 Å². The Balaban J connectivity index is 1.83. The first-order valence-electron chi connectivity index (χ1n) is 9.57. The van der Waals surface area contributed by atoms with Gasteiger partial charge < -0.3 is 15.0 Å². The molecule has 148 valence electrons. The van der Waals surface area contributed by atoms with E-state index in [1.807, 2.05) is 12.1 Å². The molecule has 0 spiro atoms. The van der Waals surface area contributed by atoms with Crippen LogP contribution in [0.5, 0.6) is 0 Å². The van der Waals surface area contributed by atoms with E-state index in [4.69, 9.17) is 4.74 Å². The highest BCUT2D eigenvalue weighted by Crippen LogP contribution is 2.44. The Bertz CT molecular complexity index is 882. The smallest absolute Gasteiger partial charge is 0.248 e. The standard InChI is InChI=1S/C21H23F2N3O2/c1-2-18(27)26-13-14-4-3-9-24-19(14)25-16-6-5-15(12-17(16)26)21(20(22)23)7-10-28-11-8-21/h3-6,9,12,20H,2,7-8,10-11,13H2,1H3,(H,24,25). The maximum atomic E-state index is 14.1. The lowest BCUT2D eigenvalue weighted by Crippen LogP contribution is -2.40. The van der Waals surface area contributed by atoms with Crippen LogP contribution in [0.2, 0.25) is 0 Å². The van der Waals surface area contributed by atoms with Crippen molar-refractivity contribution in [3.63, 3.8) is 0 Å². The average Bonchev–Trinajstić information content (AvgIpc) is 2.89. The van der Waals surface area contributed by atoms with Gasteiger partial charge in [-0.05, 0) is 36.6 Å². The molecule has 2 aliphatic heterocycles. The molecule has 5 nitrogen and oxygen atoms in total.